The van der Waals surface area contributed by atoms with Gasteiger partial charge in [0.1, 0.15) is 5.75 Å². The third-order valence-corrected chi connectivity index (χ3v) is 6.66. The molecule has 0 bridgehead atoms. The van der Waals surface area contributed by atoms with E-state index in [2.05, 4.69) is 0 Å². The number of anilines is 1. The van der Waals surface area contributed by atoms with Crippen molar-refractivity contribution in [2.24, 2.45) is 0 Å². The highest BCUT2D eigenvalue weighted by Crippen LogP contribution is 2.26. The van der Waals surface area contributed by atoms with Crippen molar-refractivity contribution >= 4 is 21.6 Å². The van der Waals surface area contributed by atoms with E-state index in [0.29, 0.717) is 44.3 Å². The molecular formula is C21H26N2O5S. The minimum atomic E-state index is -3.65. The predicted molar refractivity (Wildman–Crippen MR) is 111 cm³/mol. The first-order chi connectivity index (χ1) is 13.9. The number of sulfonamides is 1. The molecule has 2 aromatic carbocycles. The van der Waals surface area contributed by atoms with E-state index in [9.17, 15) is 13.2 Å². The van der Waals surface area contributed by atoms with Gasteiger partial charge in [-0.05, 0) is 50.2 Å². The molecule has 7 nitrogen and oxygen atoms in total. The Morgan fingerprint density at radius 3 is 2.28 bits per heavy atom. The van der Waals surface area contributed by atoms with E-state index in [4.69, 9.17) is 9.47 Å². The van der Waals surface area contributed by atoms with Gasteiger partial charge in [-0.3, -0.25) is 9.10 Å². The van der Waals surface area contributed by atoms with Crippen LogP contribution in [0.2, 0.25) is 0 Å². The molecule has 1 aliphatic heterocycles. The fraction of sp³-hybridized carbons (Fsp3) is 0.381. The van der Waals surface area contributed by atoms with Crippen molar-refractivity contribution in [3.63, 3.8) is 0 Å². The molecule has 0 atom stereocenters. The largest absolute Gasteiger partial charge is 0.484 e. The first kappa shape index (κ1) is 21.1. The normalized spacial score (nSPS) is 14.5. The second kappa shape index (κ2) is 9.28. The van der Waals surface area contributed by atoms with Crippen LogP contribution < -0.4 is 9.04 Å². The Balaban J connectivity index is 1.67. The van der Waals surface area contributed by atoms with Crippen LogP contribution >= 0.6 is 0 Å². The van der Waals surface area contributed by atoms with Crippen molar-refractivity contribution in [3.05, 3.63) is 54.1 Å². The van der Waals surface area contributed by atoms with Gasteiger partial charge in [-0.25, -0.2) is 8.42 Å². The zero-order valence-electron chi connectivity index (χ0n) is 16.7. The van der Waals surface area contributed by atoms with Gasteiger partial charge in [0, 0.05) is 19.6 Å². The number of hydrogen-bond donors (Lipinski definition) is 0. The summed E-state index contributed by atoms with van der Waals surface area (Å²) in [5.74, 6) is 0.425. The van der Waals surface area contributed by atoms with Gasteiger partial charge >= 0.3 is 0 Å². The molecule has 0 aromatic heterocycles. The number of aryl methyl sites for hydroxylation is 1. The Hall–Kier alpha value is -2.58. The molecule has 0 unspecified atom stereocenters. The van der Waals surface area contributed by atoms with Crippen LogP contribution in [-0.4, -0.2) is 58.7 Å². The van der Waals surface area contributed by atoms with Gasteiger partial charge in [-0.1, -0.05) is 17.7 Å². The molecule has 0 aliphatic carbocycles. The highest BCUT2D eigenvalue weighted by atomic mass is 32.2. The fourth-order valence-electron chi connectivity index (χ4n) is 3.09. The van der Waals surface area contributed by atoms with E-state index < -0.39 is 10.0 Å². The highest BCUT2D eigenvalue weighted by Gasteiger charge is 2.23. The van der Waals surface area contributed by atoms with E-state index in [1.54, 1.807) is 60.4 Å². The Kier molecular flexibility index (Phi) is 6.76. The van der Waals surface area contributed by atoms with Crippen LogP contribution in [-0.2, 0) is 19.6 Å². The topological polar surface area (TPSA) is 76.2 Å². The molecule has 29 heavy (non-hydrogen) atoms. The van der Waals surface area contributed by atoms with Crippen LogP contribution in [0, 0.1) is 6.92 Å². The van der Waals surface area contributed by atoms with E-state index in [1.165, 1.54) is 4.31 Å². The molecule has 3 rings (SSSR count). The first-order valence-corrected chi connectivity index (χ1v) is 11.0. The van der Waals surface area contributed by atoms with Gasteiger partial charge in [0.25, 0.3) is 15.9 Å². The molecule has 0 saturated carbocycles. The summed E-state index contributed by atoms with van der Waals surface area (Å²) in [7, 11) is -3.65. The second-order valence-electron chi connectivity index (χ2n) is 6.76. The second-order valence-corrected chi connectivity index (χ2v) is 8.62. The minimum Gasteiger partial charge on any atom is -0.484 e. The highest BCUT2D eigenvalue weighted by molar-refractivity contribution is 7.92. The minimum absolute atomic E-state index is 0.0570. The summed E-state index contributed by atoms with van der Waals surface area (Å²) in [4.78, 5) is 14.1. The van der Waals surface area contributed by atoms with Crippen molar-refractivity contribution in [2.45, 2.75) is 18.7 Å². The molecule has 1 aliphatic rings. The number of hydrogen-bond acceptors (Lipinski definition) is 5. The molecule has 0 spiro atoms. The summed E-state index contributed by atoms with van der Waals surface area (Å²) in [5, 5.41) is 0. The Bertz CT molecular complexity index is 921. The Morgan fingerprint density at radius 1 is 1.07 bits per heavy atom. The monoisotopic (exact) mass is 418 g/mol. The van der Waals surface area contributed by atoms with Crippen molar-refractivity contribution in [3.8, 4) is 5.75 Å². The molecule has 8 heteroatoms. The summed E-state index contributed by atoms with van der Waals surface area (Å²) in [6.07, 6.45) is 0. The fourth-order valence-corrected chi connectivity index (χ4v) is 4.56. The Morgan fingerprint density at radius 2 is 1.69 bits per heavy atom. The number of morpholine rings is 1. The van der Waals surface area contributed by atoms with Crippen LogP contribution in [0.5, 0.6) is 5.75 Å². The van der Waals surface area contributed by atoms with E-state index in [1.807, 2.05) is 6.92 Å². The SMILES string of the molecule is CCN(c1ccc(OCC(=O)N2CCOCC2)cc1)S(=O)(=O)c1ccc(C)cc1. The van der Waals surface area contributed by atoms with Crippen LogP contribution in [0.1, 0.15) is 12.5 Å². The van der Waals surface area contributed by atoms with Gasteiger partial charge in [0.2, 0.25) is 0 Å². The quantitative estimate of drug-likeness (QED) is 0.690. The number of rotatable bonds is 7. The van der Waals surface area contributed by atoms with Gasteiger partial charge in [0.15, 0.2) is 6.61 Å². The maximum atomic E-state index is 13.0. The third kappa shape index (κ3) is 5.07. The summed E-state index contributed by atoms with van der Waals surface area (Å²) < 4.78 is 38.1. The number of carbonyl (C=O) groups excluding carboxylic acids is 1. The van der Waals surface area contributed by atoms with Crippen molar-refractivity contribution < 1.29 is 22.7 Å². The lowest BCUT2D eigenvalue weighted by Gasteiger charge is -2.26. The van der Waals surface area contributed by atoms with E-state index in [-0.39, 0.29) is 17.4 Å². The summed E-state index contributed by atoms with van der Waals surface area (Å²) in [6.45, 7) is 6.18. The van der Waals surface area contributed by atoms with Crippen molar-refractivity contribution in [1.29, 1.82) is 0 Å². The average molecular weight is 419 g/mol. The standard InChI is InChI=1S/C21H26N2O5S/c1-3-23(29(25,26)20-10-4-17(2)5-11-20)18-6-8-19(9-7-18)28-16-21(24)22-12-14-27-15-13-22/h4-11H,3,12-16H2,1-2H3. The zero-order chi connectivity index (χ0) is 20.9. The molecule has 1 fully saturated rings. The molecule has 0 radical (unpaired) electrons. The molecular weight excluding hydrogens is 392 g/mol. The average Bonchev–Trinajstić information content (AvgIpc) is 2.74. The third-order valence-electron chi connectivity index (χ3n) is 4.75. The number of ether oxygens (including phenoxy) is 2. The maximum Gasteiger partial charge on any atom is 0.264 e. The van der Waals surface area contributed by atoms with Gasteiger partial charge in [0.05, 0.1) is 23.8 Å². The van der Waals surface area contributed by atoms with Crippen LogP contribution in [0.15, 0.2) is 53.4 Å². The number of nitrogens with zero attached hydrogens (tertiary/aromatic N) is 2. The maximum absolute atomic E-state index is 13.0. The Labute approximate surface area is 171 Å². The van der Waals surface area contributed by atoms with Crippen molar-refractivity contribution in [2.75, 3.05) is 43.8 Å². The summed E-state index contributed by atoms with van der Waals surface area (Å²) in [6, 6.07) is 13.5. The van der Waals surface area contributed by atoms with Crippen LogP contribution in [0.4, 0.5) is 5.69 Å². The van der Waals surface area contributed by atoms with Crippen LogP contribution in [0.25, 0.3) is 0 Å². The molecule has 1 amide bonds. The number of carbonyl (C=O) groups is 1. The van der Waals surface area contributed by atoms with Gasteiger partial charge < -0.3 is 14.4 Å². The van der Waals surface area contributed by atoms with E-state index >= 15 is 0 Å². The van der Waals surface area contributed by atoms with Gasteiger partial charge in [-0.15, -0.1) is 0 Å². The summed E-state index contributed by atoms with van der Waals surface area (Å²) >= 11 is 0. The lowest BCUT2D eigenvalue weighted by molar-refractivity contribution is -0.137. The molecule has 2 aromatic rings. The lowest BCUT2D eigenvalue weighted by Crippen LogP contribution is -2.42. The zero-order valence-corrected chi connectivity index (χ0v) is 17.5. The molecule has 1 heterocycles. The molecule has 0 N–H and O–H groups in total. The number of benzene rings is 2. The van der Waals surface area contributed by atoms with Gasteiger partial charge in [-0.2, -0.15) is 0 Å². The van der Waals surface area contributed by atoms with E-state index in [0.717, 1.165) is 5.56 Å². The smallest absolute Gasteiger partial charge is 0.264 e. The summed E-state index contributed by atoms with van der Waals surface area (Å²) in [5.41, 5.74) is 1.54. The van der Waals surface area contributed by atoms with Crippen LogP contribution in [0.3, 0.4) is 0 Å². The first-order valence-electron chi connectivity index (χ1n) is 9.59. The van der Waals surface area contributed by atoms with Crippen molar-refractivity contribution in [1.82, 2.24) is 4.90 Å². The molecule has 1 saturated heterocycles. The lowest BCUT2D eigenvalue weighted by atomic mass is 10.2. The predicted octanol–water partition coefficient (Wildman–Crippen LogP) is 2.45. The molecule has 156 valence electrons. The number of amides is 1.